The van der Waals surface area contributed by atoms with Crippen LogP contribution in [-0.4, -0.2) is 91.1 Å². The number of ether oxygens (including phenoxy) is 1. The Morgan fingerprint density at radius 1 is 1.10 bits per heavy atom. The monoisotopic (exact) mass is 413 g/mol. The number of rotatable bonds is 5. The first kappa shape index (κ1) is 21.1. The summed E-state index contributed by atoms with van der Waals surface area (Å²) in [4.78, 5) is 24.0. The van der Waals surface area contributed by atoms with Crippen LogP contribution in [0.1, 0.15) is 31.7 Å². The van der Waals surface area contributed by atoms with Crippen molar-refractivity contribution >= 4 is 11.9 Å². The molecule has 3 aliphatic heterocycles. The third kappa shape index (κ3) is 5.13. The molecular weight excluding hydrogens is 378 g/mol. The van der Waals surface area contributed by atoms with Crippen molar-refractivity contribution in [3.63, 3.8) is 0 Å². The molecule has 0 spiro atoms. The first-order valence-electron chi connectivity index (χ1n) is 11.4. The molecule has 1 aromatic carbocycles. The summed E-state index contributed by atoms with van der Waals surface area (Å²) in [5.74, 6) is 0.976. The van der Waals surface area contributed by atoms with Gasteiger partial charge in [0.25, 0.3) is 0 Å². The van der Waals surface area contributed by atoms with E-state index in [1.165, 1.54) is 12.0 Å². The maximum absolute atomic E-state index is 12.6. The summed E-state index contributed by atoms with van der Waals surface area (Å²) in [6, 6.07) is 11.0. The van der Waals surface area contributed by atoms with Crippen LogP contribution in [0.4, 0.5) is 0 Å². The SMILES string of the molecule is CCNC(=NCC(=O)N1CCCCC1)N1CC2OCCN(Cc3ccccc3)C2C1. The van der Waals surface area contributed by atoms with Gasteiger partial charge in [0.1, 0.15) is 6.54 Å². The lowest BCUT2D eigenvalue weighted by atomic mass is 10.1. The Hall–Kier alpha value is -2.12. The van der Waals surface area contributed by atoms with Gasteiger partial charge < -0.3 is 19.9 Å². The third-order valence-electron chi connectivity index (χ3n) is 6.35. The van der Waals surface area contributed by atoms with Gasteiger partial charge in [-0.05, 0) is 31.7 Å². The number of fused-ring (bicyclic) bond motifs is 1. The van der Waals surface area contributed by atoms with E-state index in [1.807, 2.05) is 4.90 Å². The van der Waals surface area contributed by atoms with Crippen molar-refractivity contribution in [3.8, 4) is 0 Å². The lowest BCUT2D eigenvalue weighted by Crippen LogP contribution is -2.50. The van der Waals surface area contributed by atoms with Crippen LogP contribution >= 0.6 is 0 Å². The van der Waals surface area contributed by atoms with E-state index in [2.05, 4.69) is 52.4 Å². The van der Waals surface area contributed by atoms with E-state index in [4.69, 9.17) is 9.73 Å². The fourth-order valence-corrected chi connectivity index (χ4v) is 4.76. The van der Waals surface area contributed by atoms with Gasteiger partial charge in [-0.2, -0.15) is 0 Å². The van der Waals surface area contributed by atoms with Crippen LogP contribution < -0.4 is 5.32 Å². The van der Waals surface area contributed by atoms with Crippen molar-refractivity contribution in [1.29, 1.82) is 0 Å². The number of carbonyl (C=O) groups excluding carboxylic acids is 1. The van der Waals surface area contributed by atoms with Crippen molar-refractivity contribution in [2.45, 2.75) is 44.9 Å². The molecule has 1 aromatic rings. The zero-order valence-corrected chi connectivity index (χ0v) is 18.1. The van der Waals surface area contributed by atoms with Gasteiger partial charge in [0.05, 0.1) is 18.8 Å². The van der Waals surface area contributed by atoms with Crippen molar-refractivity contribution in [2.75, 3.05) is 52.4 Å². The molecule has 4 rings (SSSR count). The Labute approximate surface area is 180 Å². The van der Waals surface area contributed by atoms with Gasteiger partial charge in [0.15, 0.2) is 5.96 Å². The summed E-state index contributed by atoms with van der Waals surface area (Å²) in [7, 11) is 0. The number of morpholine rings is 1. The highest BCUT2D eigenvalue weighted by molar-refractivity contribution is 5.85. The molecule has 7 heteroatoms. The highest BCUT2D eigenvalue weighted by Crippen LogP contribution is 2.24. The standard InChI is InChI=1S/C23H35N5O2/c1-2-24-23(25-15-22(29)26-11-7-4-8-12-26)28-17-20-21(18-28)30-14-13-27(20)16-19-9-5-3-6-10-19/h3,5-6,9-10,20-21H,2,4,7-8,11-18H2,1H3,(H,24,25). The average Bonchev–Trinajstić information content (AvgIpc) is 3.23. The molecule has 0 bridgehead atoms. The molecule has 2 unspecified atom stereocenters. The number of nitrogens with zero attached hydrogens (tertiary/aromatic N) is 4. The van der Waals surface area contributed by atoms with Crippen LogP contribution in [0, 0.1) is 0 Å². The zero-order valence-electron chi connectivity index (χ0n) is 18.1. The van der Waals surface area contributed by atoms with E-state index in [0.717, 1.165) is 71.2 Å². The average molecular weight is 414 g/mol. The predicted octanol–water partition coefficient (Wildman–Crippen LogP) is 1.55. The molecule has 7 nitrogen and oxygen atoms in total. The number of aliphatic imine (C=N–C) groups is 1. The molecule has 1 amide bonds. The smallest absolute Gasteiger partial charge is 0.244 e. The second kappa shape index (κ2) is 10.3. The number of likely N-dealkylation sites (tertiary alicyclic amines) is 2. The molecule has 3 saturated heterocycles. The van der Waals surface area contributed by atoms with E-state index in [0.29, 0.717) is 6.04 Å². The molecule has 3 heterocycles. The molecule has 1 N–H and O–H groups in total. The van der Waals surface area contributed by atoms with Gasteiger partial charge in [-0.1, -0.05) is 30.3 Å². The van der Waals surface area contributed by atoms with Crippen LogP contribution in [0.5, 0.6) is 0 Å². The fourth-order valence-electron chi connectivity index (χ4n) is 4.76. The summed E-state index contributed by atoms with van der Waals surface area (Å²) in [5, 5.41) is 3.39. The van der Waals surface area contributed by atoms with E-state index >= 15 is 0 Å². The highest BCUT2D eigenvalue weighted by Gasteiger charge is 2.41. The lowest BCUT2D eigenvalue weighted by molar-refractivity contribution is -0.130. The van der Waals surface area contributed by atoms with Gasteiger partial charge in [-0.3, -0.25) is 9.69 Å². The van der Waals surface area contributed by atoms with Crippen molar-refractivity contribution < 1.29 is 9.53 Å². The fraction of sp³-hybridized carbons (Fsp3) is 0.652. The van der Waals surface area contributed by atoms with E-state index in [-0.39, 0.29) is 18.6 Å². The number of piperidine rings is 1. The molecule has 0 saturated carbocycles. The Morgan fingerprint density at radius 3 is 2.67 bits per heavy atom. The summed E-state index contributed by atoms with van der Waals surface area (Å²) in [5.41, 5.74) is 1.34. The molecule has 2 atom stereocenters. The van der Waals surface area contributed by atoms with Gasteiger partial charge >= 0.3 is 0 Å². The highest BCUT2D eigenvalue weighted by atomic mass is 16.5. The molecule has 3 fully saturated rings. The third-order valence-corrected chi connectivity index (χ3v) is 6.35. The van der Waals surface area contributed by atoms with Gasteiger partial charge in [-0.25, -0.2) is 4.99 Å². The first-order valence-corrected chi connectivity index (χ1v) is 11.4. The topological polar surface area (TPSA) is 60.4 Å². The summed E-state index contributed by atoms with van der Waals surface area (Å²) in [6.07, 6.45) is 3.63. The lowest BCUT2D eigenvalue weighted by Gasteiger charge is -2.36. The number of nitrogens with one attached hydrogen (secondary N) is 1. The second-order valence-electron chi connectivity index (χ2n) is 8.45. The maximum Gasteiger partial charge on any atom is 0.244 e. The minimum atomic E-state index is 0.142. The van der Waals surface area contributed by atoms with E-state index < -0.39 is 0 Å². The van der Waals surface area contributed by atoms with Crippen LogP contribution in [-0.2, 0) is 16.1 Å². The van der Waals surface area contributed by atoms with Crippen LogP contribution in [0.3, 0.4) is 0 Å². The van der Waals surface area contributed by atoms with Gasteiger partial charge in [-0.15, -0.1) is 0 Å². The van der Waals surface area contributed by atoms with Crippen LogP contribution in [0.15, 0.2) is 35.3 Å². The van der Waals surface area contributed by atoms with Crippen molar-refractivity contribution in [3.05, 3.63) is 35.9 Å². The number of benzene rings is 1. The summed E-state index contributed by atoms with van der Waals surface area (Å²) in [6.45, 7) is 9.20. The number of amides is 1. The second-order valence-corrected chi connectivity index (χ2v) is 8.45. The van der Waals surface area contributed by atoms with Crippen LogP contribution in [0.2, 0.25) is 0 Å². The minimum absolute atomic E-state index is 0.142. The number of carbonyl (C=O) groups is 1. The molecule has 0 aliphatic carbocycles. The molecule has 30 heavy (non-hydrogen) atoms. The maximum atomic E-state index is 12.6. The summed E-state index contributed by atoms with van der Waals surface area (Å²) < 4.78 is 6.11. The quantitative estimate of drug-likeness (QED) is 0.586. The number of guanidine groups is 1. The van der Waals surface area contributed by atoms with Gasteiger partial charge in [0, 0.05) is 45.8 Å². The Morgan fingerprint density at radius 2 is 1.90 bits per heavy atom. The predicted molar refractivity (Wildman–Crippen MR) is 118 cm³/mol. The minimum Gasteiger partial charge on any atom is -0.373 e. The van der Waals surface area contributed by atoms with Crippen LogP contribution in [0.25, 0.3) is 0 Å². The number of hydrogen-bond acceptors (Lipinski definition) is 4. The van der Waals surface area contributed by atoms with Crippen molar-refractivity contribution in [1.82, 2.24) is 20.0 Å². The summed E-state index contributed by atoms with van der Waals surface area (Å²) >= 11 is 0. The molecule has 164 valence electrons. The Bertz CT molecular complexity index is 720. The molecule has 3 aliphatic rings. The van der Waals surface area contributed by atoms with Crippen molar-refractivity contribution in [2.24, 2.45) is 4.99 Å². The number of hydrogen-bond donors (Lipinski definition) is 1. The van der Waals surface area contributed by atoms with Gasteiger partial charge in [0.2, 0.25) is 5.91 Å². The largest absolute Gasteiger partial charge is 0.373 e. The zero-order chi connectivity index (χ0) is 20.8. The normalized spacial score (nSPS) is 25.3. The molecule has 0 aromatic heterocycles. The van der Waals surface area contributed by atoms with E-state index in [1.54, 1.807) is 0 Å². The van der Waals surface area contributed by atoms with E-state index in [9.17, 15) is 4.79 Å². The Balaban J connectivity index is 1.39. The first-order chi connectivity index (χ1) is 14.7. The molecular formula is C23H35N5O2. The molecule has 0 radical (unpaired) electrons. The Kier molecular flexibility index (Phi) is 7.23.